The third-order valence-corrected chi connectivity index (χ3v) is 4.53. The van der Waals surface area contributed by atoms with E-state index < -0.39 is 17.6 Å². The van der Waals surface area contributed by atoms with Crippen LogP contribution in [0.5, 0.6) is 0 Å². The zero-order valence-electron chi connectivity index (χ0n) is 11.5. The van der Waals surface area contributed by atoms with Gasteiger partial charge in [0, 0.05) is 5.33 Å². The Kier molecular flexibility index (Phi) is 5.47. The van der Waals surface area contributed by atoms with E-state index in [1.54, 1.807) is 6.08 Å². The first-order chi connectivity index (χ1) is 9.90. The van der Waals surface area contributed by atoms with Crippen molar-refractivity contribution in [1.82, 2.24) is 0 Å². The summed E-state index contributed by atoms with van der Waals surface area (Å²) in [7, 11) is 0. The van der Waals surface area contributed by atoms with Gasteiger partial charge in [0.25, 0.3) is 0 Å². The van der Waals surface area contributed by atoms with Crippen LogP contribution in [0.4, 0.5) is 17.6 Å². The zero-order valence-corrected chi connectivity index (χ0v) is 13.1. The first-order valence-electron chi connectivity index (χ1n) is 7.04. The lowest BCUT2D eigenvalue weighted by atomic mass is 9.83. The number of hydrogen-bond donors (Lipinski definition) is 0. The molecule has 1 aromatic carbocycles. The molecule has 0 unspecified atom stereocenters. The maximum atomic E-state index is 13.4. The van der Waals surface area contributed by atoms with Crippen LogP contribution in [-0.2, 0) is 6.18 Å². The van der Waals surface area contributed by atoms with Gasteiger partial charge in [-0.25, -0.2) is 4.39 Å². The number of allylic oxidation sites excluding steroid dienone is 1. The van der Waals surface area contributed by atoms with Crippen molar-refractivity contribution < 1.29 is 17.6 Å². The summed E-state index contributed by atoms with van der Waals surface area (Å²) in [5.74, 6) is -0.468. The van der Waals surface area contributed by atoms with Gasteiger partial charge in [-0.15, -0.1) is 0 Å². The van der Waals surface area contributed by atoms with E-state index in [1.807, 2.05) is 0 Å². The average molecular weight is 365 g/mol. The van der Waals surface area contributed by atoms with E-state index in [1.165, 1.54) is 6.42 Å². The number of alkyl halides is 4. The second-order valence-electron chi connectivity index (χ2n) is 5.46. The molecule has 0 spiro atoms. The van der Waals surface area contributed by atoms with E-state index in [2.05, 4.69) is 15.9 Å². The molecule has 0 nitrogen and oxygen atoms in total. The van der Waals surface area contributed by atoms with E-state index in [-0.39, 0.29) is 5.56 Å². The fourth-order valence-electron chi connectivity index (χ4n) is 2.81. The van der Waals surface area contributed by atoms with E-state index in [0.29, 0.717) is 17.3 Å². The third-order valence-electron chi connectivity index (χ3n) is 3.88. The van der Waals surface area contributed by atoms with Gasteiger partial charge in [-0.3, -0.25) is 0 Å². The molecular weight excluding hydrogens is 348 g/mol. The Hall–Kier alpha value is -0.840. The Morgan fingerprint density at radius 3 is 2.38 bits per heavy atom. The largest absolute Gasteiger partial charge is 0.416 e. The first kappa shape index (κ1) is 16.5. The van der Waals surface area contributed by atoms with Gasteiger partial charge >= 0.3 is 6.18 Å². The molecule has 0 atom stereocenters. The summed E-state index contributed by atoms with van der Waals surface area (Å²) in [5, 5.41) is 0.607. The average Bonchev–Trinajstić information content (AvgIpc) is 2.44. The monoisotopic (exact) mass is 364 g/mol. The molecular formula is C16H17BrF4. The third kappa shape index (κ3) is 4.56. The number of benzene rings is 1. The van der Waals surface area contributed by atoms with Crippen LogP contribution in [-0.4, -0.2) is 5.33 Å². The molecule has 0 heterocycles. The second-order valence-corrected chi connectivity index (χ2v) is 6.02. The molecule has 0 aliphatic heterocycles. The molecule has 0 aromatic heterocycles. The highest BCUT2D eigenvalue weighted by molar-refractivity contribution is 9.09. The van der Waals surface area contributed by atoms with E-state index in [9.17, 15) is 17.6 Å². The van der Waals surface area contributed by atoms with Crippen LogP contribution in [0.3, 0.4) is 0 Å². The SMILES string of the molecule is Fc1cc(/C=C(/CBr)C2CCCCC2)cc(C(F)(F)F)c1. The van der Waals surface area contributed by atoms with Crippen LogP contribution in [0.15, 0.2) is 23.8 Å². The standard InChI is InChI=1S/C16H17BrF4/c17-10-13(12-4-2-1-3-5-12)6-11-7-14(16(19,20)21)9-15(18)8-11/h6-9,12H,1-5,10H2/b13-6-. The molecule has 0 bridgehead atoms. The summed E-state index contributed by atoms with van der Waals surface area (Å²) in [5.41, 5.74) is 0.391. The second kappa shape index (κ2) is 6.95. The molecule has 2 rings (SSSR count). The van der Waals surface area contributed by atoms with Crippen LogP contribution in [0, 0.1) is 11.7 Å². The number of halogens is 5. The van der Waals surface area contributed by atoms with Crippen molar-refractivity contribution in [2.75, 3.05) is 5.33 Å². The summed E-state index contributed by atoms with van der Waals surface area (Å²) >= 11 is 3.40. The summed E-state index contributed by atoms with van der Waals surface area (Å²) in [4.78, 5) is 0. The molecule has 0 saturated heterocycles. The Balaban J connectivity index is 2.31. The van der Waals surface area contributed by atoms with Crippen molar-refractivity contribution in [3.8, 4) is 0 Å². The Morgan fingerprint density at radius 2 is 1.81 bits per heavy atom. The fraction of sp³-hybridized carbons (Fsp3) is 0.500. The fourth-order valence-corrected chi connectivity index (χ4v) is 3.43. The van der Waals surface area contributed by atoms with Gasteiger partial charge in [-0.1, -0.05) is 46.8 Å². The summed E-state index contributed by atoms with van der Waals surface area (Å²) in [6, 6.07) is 2.70. The van der Waals surface area contributed by atoms with Gasteiger partial charge in [0.1, 0.15) is 5.82 Å². The molecule has 0 N–H and O–H groups in total. The molecule has 116 valence electrons. The minimum absolute atomic E-state index is 0.280. The van der Waals surface area contributed by atoms with Gasteiger partial charge < -0.3 is 0 Å². The highest BCUT2D eigenvalue weighted by Crippen LogP contribution is 2.34. The molecule has 1 saturated carbocycles. The van der Waals surface area contributed by atoms with Crippen molar-refractivity contribution in [3.63, 3.8) is 0 Å². The number of rotatable bonds is 3. The van der Waals surface area contributed by atoms with E-state index in [0.717, 1.165) is 43.4 Å². The van der Waals surface area contributed by atoms with Gasteiger partial charge in [0.2, 0.25) is 0 Å². The predicted molar refractivity (Wildman–Crippen MR) is 79.7 cm³/mol. The summed E-state index contributed by atoms with van der Waals surface area (Å²) in [6.45, 7) is 0. The van der Waals surface area contributed by atoms with Crippen molar-refractivity contribution >= 4 is 22.0 Å². The smallest absolute Gasteiger partial charge is 0.207 e. The minimum atomic E-state index is -4.52. The first-order valence-corrected chi connectivity index (χ1v) is 8.16. The zero-order chi connectivity index (χ0) is 15.5. The molecule has 0 radical (unpaired) electrons. The highest BCUT2D eigenvalue weighted by atomic mass is 79.9. The van der Waals surface area contributed by atoms with Crippen LogP contribution in [0.2, 0.25) is 0 Å². The molecule has 21 heavy (non-hydrogen) atoms. The van der Waals surface area contributed by atoms with Crippen LogP contribution < -0.4 is 0 Å². The lowest BCUT2D eigenvalue weighted by Crippen LogP contribution is -2.10. The topological polar surface area (TPSA) is 0 Å². The van der Waals surface area contributed by atoms with Crippen molar-refractivity contribution in [1.29, 1.82) is 0 Å². The lowest BCUT2D eigenvalue weighted by molar-refractivity contribution is -0.137. The highest BCUT2D eigenvalue weighted by Gasteiger charge is 2.31. The van der Waals surface area contributed by atoms with Crippen LogP contribution in [0.1, 0.15) is 43.2 Å². The van der Waals surface area contributed by atoms with Crippen molar-refractivity contribution in [2.24, 2.45) is 5.92 Å². The number of hydrogen-bond acceptors (Lipinski definition) is 0. The van der Waals surface area contributed by atoms with Gasteiger partial charge in [-0.05, 0) is 42.5 Å². The Labute approximate surface area is 130 Å². The van der Waals surface area contributed by atoms with Gasteiger partial charge in [-0.2, -0.15) is 13.2 Å². The molecule has 0 amide bonds. The molecule has 1 fully saturated rings. The summed E-state index contributed by atoms with van der Waals surface area (Å²) < 4.78 is 51.6. The van der Waals surface area contributed by atoms with Crippen molar-refractivity contribution in [3.05, 3.63) is 40.7 Å². The minimum Gasteiger partial charge on any atom is -0.207 e. The van der Waals surface area contributed by atoms with Gasteiger partial charge in [0.05, 0.1) is 5.56 Å². The van der Waals surface area contributed by atoms with E-state index in [4.69, 9.17) is 0 Å². The van der Waals surface area contributed by atoms with Crippen LogP contribution in [0.25, 0.3) is 6.08 Å². The molecule has 1 aromatic rings. The Morgan fingerprint density at radius 1 is 1.14 bits per heavy atom. The predicted octanol–water partition coefficient (Wildman–Crippen LogP) is 6.20. The normalized spacial score (nSPS) is 18.0. The maximum Gasteiger partial charge on any atom is 0.416 e. The van der Waals surface area contributed by atoms with E-state index >= 15 is 0 Å². The molecule has 1 aliphatic carbocycles. The molecule has 5 heteroatoms. The van der Waals surface area contributed by atoms with Crippen molar-refractivity contribution in [2.45, 2.75) is 38.3 Å². The summed E-state index contributed by atoms with van der Waals surface area (Å²) in [6.07, 6.45) is 2.78. The van der Waals surface area contributed by atoms with Gasteiger partial charge in [0.15, 0.2) is 0 Å². The lowest BCUT2D eigenvalue weighted by Gasteiger charge is -2.23. The Bertz CT molecular complexity index is 513. The molecule has 1 aliphatic rings. The quantitative estimate of drug-likeness (QED) is 0.442. The van der Waals surface area contributed by atoms with Crippen LogP contribution >= 0.6 is 15.9 Å². The maximum absolute atomic E-state index is 13.4.